The van der Waals surface area contributed by atoms with Crippen LogP contribution in [0.15, 0.2) is 18.2 Å². The van der Waals surface area contributed by atoms with Crippen LogP contribution in [0.25, 0.3) is 0 Å². The summed E-state index contributed by atoms with van der Waals surface area (Å²) in [4.78, 5) is 28.5. The molecule has 5 nitrogen and oxygen atoms in total. The summed E-state index contributed by atoms with van der Waals surface area (Å²) in [6.07, 6.45) is 4.21. The van der Waals surface area contributed by atoms with Crippen molar-refractivity contribution in [1.29, 1.82) is 0 Å². The van der Waals surface area contributed by atoms with Gasteiger partial charge < -0.3 is 15.0 Å². The van der Waals surface area contributed by atoms with Crippen molar-refractivity contribution in [3.8, 4) is 5.75 Å². The van der Waals surface area contributed by atoms with Crippen LogP contribution in [0.4, 0.5) is 4.39 Å². The second-order valence-electron chi connectivity index (χ2n) is 8.63. The lowest BCUT2D eigenvalue weighted by atomic mass is 9.71. The van der Waals surface area contributed by atoms with E-state index in [1.807, 2.05) is 11.9 Å². The number of nitrogens with one attached hydrogen (secondary N) is 1. The minimum atomic E-state index is -0.943. The van der Waals surface area contributed by atoms with E-state index >= 15 is 0 Å². The highest BCUT2D eigenvalue weighted by atomic mass is 19.1. The van der Waals surface area contributed by atoms with Crippen LogP contribution in [0.3, 0.4) is 0 Å². The summed E-state index contributed by atoms with van der Waals surface area (Å²) < 4.78 is 19.5. The normalized spacial score (nSPS) is 33.6. The second kappa shape index (κ2) is 6.89. The van der Waals surface area contributed by atoms with E-state index in [0.717, 1.165) is 25.7 Å². The van der Waals surface area contributed by atoms with Crippen LogP contribution in [0.1, 0.15) is 43.0 Å². The van der Waals surface area contributed by atoms with Crippen LogP contribution in [0.5, 0.6) is 5.75 Å². The standard InChI is InChI=1S/C21H27FN2O3/c1-13-3-6-15(7-4-13)23-20(26)17-10-24(2)11-21(17)12-27-18-8-5-14(22)9-16(18)19(21)25/h5,8-9,13,15,17H,3-4,6-7,10-12H2,1-2H3,(H,23,26)/t13?,15?,17-,21-/m0/s1. The van der Waals surface area contributed by atoms with E-state index in [-0.39, 0.29) is 29.9 Å². The molecule has 1 saturated carbocycles. The van der Waals surface area contributed by atoms with Gasteiger partial charge in [0.1, 0.15) is 18.2 Å². The Labute approximate surface area is 159 Å². The Morgan fingerprint density at radius 3 is 2.78 bits per heavy atom. The number of benzene rings is 1. The fourth-order valence-corrected chi connectivity index (χ4v) is 4.90. The summed E-state index contributed by atoms with van der Waals surface area (Å²) >= 11 is 0. The quantitative estimate of drug-likeness (QED) is 0.865. The molecular weight excluding hydrogens is 347 g/mol. The van der Waals surface area contributed by atoms with Crippen molar-refractivity contribution in [2.45, 2.75) is 38.6 Å². The summed E-state index contributed by atoms with van der Waals surface area (Å²) in [5.41, 5.74) is -0.692. The number of carbonyl (C=O) groups excluding carboxylic acids is 2. The minimum Gasteiger partial charge on any atom is -0.492 e. The highest BCUT2D eigenvalue weighted by Gasteiger charge is 2.57. The van der Waals surface area contributed by atoms with Crippen LogP contribution in [0.2, 0.25) is 0 Å². The van der Waals surface area contributed by atoms with Gasteiger partial charge in [-0.1, -0.05) is 6.92 Å². The Morgan fingerprint density at radius 1 is 1.30 bits per heavy atom. The molecule has 1 saturated heterocycles. The molecule has 6 heteroatoms. The lowest BCUT2D eigenvalue weighted by molar-refractivity contribution is -0.128. The maximum Gasteiger partial charge on any atom is 0.225 e. The number of halogens is 1. The number of likely N-dealkylation sites (tertiary alicyclic amines) is 1. The van der Waals surface area contributed by atoms with Crippen molar-refractivity contribution < 1.29 is 18.7 Å². The van der Waals surface area contributed by atoms with Gasteiger partial charge in [-0.05, 0) is 56.8 Å². The Morgan fingerprint density at radius 2 is 2.04 bits per heavy atom. The number of rotatable bonds is 2. The van der Waals surface area contributed by atoms with Gasteiger partial charge in [-0.25, -0.2) is 4.39 Å². The van der Waals surface area contributed by atoms with Gasteiger partial charge in [0.15, 0.2) is 5.78 Å². The van der Waals surface area contributed by atoms with Crippen molar-refractivity contribution in [1.82, 2.24) is 10.2 Å². The lowest BCUT2D eigenvalue weighted by Crippen LogP contribution is -2.53. The molecule has 0 radical (unpaired) electrons. The number of ketones is 1. The molecule has 1 amide bonds. The number of Topliss-reactive ketones (excluding diaryl/α,β-unsaturated/α-hetero) is 1. The molecule has 1 aliphatic carbocycles. The number of hydrogen-bond acceptors (Lipinski definition) is 4. The minimum absolute atomic E-state index is 0.0734. The molecule has 2 fully saturated rings. The maximum atomic E-state index is 13.7. The third-order valence-corrected chi connectivity index (χ3v) is 6.52. The Hall–Kier alpha value is -1.95. The average molecular weight is 374 g/mol. The Bertz CT molecular complexity index is 760. The van der Waals surface area contributed by atoms with Gasteiger partial charge >= 0.3 is 0 Å². The largest absolute Gasteiger partial charge is 0.492 e. The molecule has 146 valence electrons. The molecule has 3 aliphatic rings. The fraction of sp³-hybridized carbons (Fsp3) is 0.619. The van der Waals surface area contributed by atoms with Gasteiger partial charge in [0.05, 0.1) is 16.9 Å². The van der Waals surface area contributed by atoms with Crippen LogP contribution < -0.4 is 10.1 Å². The van der Waals surface area contributed by atoms with Gasteiger partial charge in [0.25, 0.3) is 0 Å². The zero-order valence-electron chi connectivity index (χ0n) is 16.0. The van der Waals surface area contributed by atoms with E-state index in [1.165, 1.54) is 18.2 Å². The third kappa shape index (κ3) is 3.24. The molecule has 4 rings (SSSR count). The number of ether oxygens (including phenoxy) is 1. The number of fused-ring (bicyclic) bond motifs is 1. The summed E-state index contributed by atoms with van der Waals surface area (Å²) in [5.74, 6) is -0.0817. The van der Waals surface area contributed by atoms with Crippen LogP contribution >= 0.6 is 0 Å². The van der Waals surface area contributed by atoms with E-state index in [9.17, 15) is 14.0 Å². The number of hydrogen-bond donors (Lipinski definition) is 1. The smallest absolute Gasteiger partial charge is 0.225 e. The predicted molar refractivity (Wildman–Crippen MR) is 99.2 cm³/mol. The highest BCUT2D eigenvalue weighted by molar-refractivity contribution is 6.06. The first-order valence-corrected chi connectivity index (χ1v) is 9.85. The summed E-state index contributed by atoms with van der Waals surface area (Å²) in [6, 6.07) is 4.20. The number of carbonyl (C=O) groups is 2. The molecule has 0 aromatic heterocycles. The molecule has 0 bridgehead atoms. The number of nitrogens with zero attached hydrogens (tertiary/aromatic N) is 1. The van der Waals surface area contributed by atoms with Crippen molar-refractivity contribution in [3.05, 3.63) is 29.6 Å². The van der Waals surface area contributed by atoms with E-state index in [1.54, 1.807) is 0 Å². The van der Waals surface area contributed by atoms with E-state index in [2.05, 4.69) is 12.2 Å². The SMILES string of the molecule is CC1CCC(NC(=O)[C@@H]2CN(C)C[C@]23COc2ccc(F)cc2C3=O)CC1. The van der Waals surface area contributed by atoms with Crippen LogP contribution in [0, 0.1) is 23.1 Å². The maximum absolute atomic E-state index is 13.7. The summed E-state index contributed by atoms with van der Waals surface area (Å²) in [5, 5.41) is 3.18. The molecule has 1 N–H and O–H groups in total. The Balaban J connectivity index is 1.57. The van der Waals surface area contributed by atoms with Gasteiger partial charge in [0, 0.05) is 19.1 Å². The van der Waals surface area contributed by atoms with Gasteiger partial charge in [-0.3, -0.25) is 9.59 Å². The van der Waals surface area contributed by atoms with Gasteiger partial charge in [-0.2, -0.15) is 0 Å². The van der Waals surface area contributed by atoms with E-state index in [0.29, 0.717) is 24.8 Å². The molecule has 27 heavy (non-hydrogen) atoms. The first kappa shape index (κ1) is 18.4. The highest BCUT2D eigenvalue weighted by Crippen LogP contribution is 2.44. The molecular formula is C21H27FN2O3. The van der Waals surface area contributed by atoms with Gasteiger partial charge in [0.2, 0.25) is 5.91 Å². The predicted octanol–water partition coefficient (Wildman–Crippen LogP) is 2.64. The van der Waals surface area contributed by atoms with Crippen LogP contribution in [-0.2, 0) is 4.79 Å². The zero-order valence-corrected chi connectivity index (χ0v) is 16.0. The van der Waals surface area contributed by atoms with Crippen LogP contribution in [-0.4, -0.2) is 49.4 Å². The fourth-order valence-electron chi connectivity index (χ4n) is 4.90. The molecule has 1 spiro atoms. The molecule has 2 atom stereocenters. The van der Waals surface area contributed by atoms with E-state index < -0.39 is 17.2 Å². The van der Waals surface area contributed by atoms with E-state index in [4.69, 9.17) is 4.74 Å². The third-order valence-electron chi connectivity index (χ3n) is 6.52. The summed E-state index contributed by atoms with van der Waals surface area (Å²) in [7, 11) is 1.91. The van der Waals surface area contributed by atoms with Crippen molar-refractivity contribution in [3.63, 3.8) is 0 Å². The van der Waals surface area contributed by atoms with Crippen molar-refractivity contribution in [2.24, 2.45) is 17.3 Å². The first-order valence-electron chi connectivity index (χ1n) is 9.85. The topological polar surface area (TPSA) is 58.6 Å². The first-order chi connectivity index (χ1) is 12.9. The van der Waals surface area contributed by atoms with Crippen molar-refractivity contribution >= 4 is 11.7 Å². The molecule has 0 unspecified atom stereocenters. The Kier molecular flexibility index (Phi) is 4.70. The lowest BCUT2D eigenvalue weighted by Gasteiger charge is -2.37. The second-order valence-corrected chi connectivity index (χ2v) is 8.63. The van der Waals surface area contributed by atoms with Crippen molar-refractivity contribution in [2.75, 3.05) is 26.7 Å². The number of amides is 1. The monoisotopic (exact) mass is 374 g/mol. The molecule has 1 aromatic carbocycles. The summed E-state index contributed by atoms with van der Waals surface area (Å²) in [6.45, 7) is 3.36. The average Bonchev–Trinajstić information content (AvgIpc) is 2.98. The molecule has 2 heterocycles. The molecule has 2 aliphatic heterocycles. The van der Waals surface area contributed by atoms with Gasteiger partial charge in [-0.15, -0.1) is 0 Å². The molecule has 1 aromatic rings. The zero-order chi connectivity index (χ0) is 19.2.